The van der Waals surface area contributed by atoms with Crippen LogP contribution in [0.15, 0.2) is 47.5 Å². The zero-order valence-corrected chi connectivity index (χ0v) is 19.2. The number of alkyl halides is 3. The maximum absolute atomic E-state index is 12.5. The van der Waals surface area contributed by atoms with Crippen LogP contribution in [-0.4, -0.2) is 33.1 Å². The van der Waals surface area contributed by atoms with Gasteiger partial charge in [-0.15, -0.1) is 37.1 Å². The van der Waals surface area contributed by atoms with Gasteiger partial charge in [0.15, 0.2) is 23.2 Å². The summed E-state index contributed by atoms with van der Waals surface area (Å²) in [4.78, 5) is 4.22. The maximum Gasteiger partial charge on any atom is 0.573 e. The number of aliphatic imine (C=N–C) groups is 1. The Morgan fingerprint density at radius 3 is 2.37 bits per heavy atom. The first kappa shape index (κ1) is 25.7. The first-order valence-corrected chi connectivity index (χ1v) is 8.84. The standard InChI is InChI=1S/C20H24F3N3O3.HI/c1-13(10-14-8-9-17(27-2)18(11-14)28-3)12-25-19(24)26-15-6-4-5-7-16(15)29-20(21,22)23;/h4-9,11,13H,10,12H2,1-3H3,(H3,24,25,26);1H. The lowest BCUT2D eigenvalue weighted by Gasteiger charge is -2.15. The second kappa shape index (κ2) is 11.7. The lowest BCUT2D eigenvalue weighted by molar-refractivity contribution is -0.274. The Hall–Kier alpha value is -2.37. The molecule has 166 valence electrons. The molecule has 3 N–H and O–H groups in total. The Bertz CT molecular complexity index is 848. The molecule has 2 aromatic carbocycles. The third-order valence-corrected chi connectivity index (χ3v) is 3.98. The molecule has 0 fully saturated rings. The molecular formula is C20H25F3IN3O3. The van der Waals surface area contributed by atoms with Crippen LogP contribution in [0, 0.1) is 5.92 Å². The third-order valence-electron chi connectivity index (χ3n) is 3.98. The predicted molar refractivity (Wildman–Crippen MR) is 121 cm³/mol. The minimum absolute atomic E-state index is 0. The van der Waals surface area contributed by atoms with E-state index in [0.29, 0.717) is 24.5 Å². The van der Waals surface area contributed by atoms with Gasteiger partial charge in [0.05, 0.1) is 19.9 Å². The average Bonchev–Trinajstić information content (AvgIpc) is 2.66. The second-order valence-corrected chi connectivity index (χ2v) is 6.39. The summed E-state index contributed by atoms with van der Waals surface area (Å²) >= 11 is 0. The van der Waals surface area contributed by atoms with E-state index in [1.54, 1.807) is 20.3 Å². The van der Waals surface area contributed by atoms with Gasteiger partial charge in [0.1, 0.15) is 0 Å². The molecule has 0 spiro atoms. The SMILES string of the molecule is COc1ccc(CC(C)CN=C(N)Nc2ccccc2OC(F)(F)F)cc1OC.I. The molecule has 0 amide bonds. The molecule has 0 saturated heterocycles. The largest absolute Gasteiger partial charge is 0.573 e. The quantitative estimate of drug-likeness (QED) is 0.286. The highest BCUT2D eigenvalue weighted by Crippen LogP contribution is 2.30. The van der Waals surface area contributed by atoms with E-state index in [-0.39, 0.29) is 47.3 Å². The fraction of sp³-hybridized carbons (Fsp3) is 0.350. The summed E-state index contributed by atoms with van der Waals surface area (Å²) in [5.41, 5.74) is 6.95. The number of para-hydroxylation sites is 2. The van der Waals surface area contributed by atoms with E-state index in [2.05, 4.69) is 15.0 Å². The number of halogens is 4. The first-order chi connectivity index (χ1) is 13.7. The molecule has 0 heterocycles. The Labute approximate surface area is 190 Å². The van der Waals surface area contributed by atoms with Crippen LogP contribution in [0.2, 0.25) is 0 Å². The molecule has 2 rings (SSSR count). The van der Waals surface area contributed by atoms with Crippen molar-refractivity contribution in [3.8, 4) is 17.2 Å². The predicted octanol–water partition coefficient (Wildman–Crippen LogP) is 4.83. The highest BCUT2D eigenvalue weighted by Gasteiger charge is 2.32. The molecule has 10 heteroatoms. The number of benzene rings is 2. The molecule has 2 aromatic rings. The van der Waals surface area contributed by atoms with E-state index in [1.165, 1.54) is 18.2 Å². The second-order valence-electron chi connectivity index (χ2n) is 6.39. The number of guanidine groups is 1. The molecule has 6 nitrogen and oxygen atoms in total. The number of nitrogens with two attached hydrogens (primary N) is 1. The number of hydrogen-bond donors (Lipinski definition) is 2. The zero-order chi connectivity index (χ0) is 21.4. The number of anilines is 1. The maximum atomic E-state index is 12.5. The molecule has 0 radical (unpaired) electrons. The van der Waals surface area contributed by atoms with Crippen molar-refractivity contribution in [3.05, 3.63) is 48.0 Å². The summed E-state index contributed by atoms with van der Waals surface area (Å²) in [7, 11) is 3.14. The molecule has 0 aliphatic rings. The van der Waals surface area contributed by atoms with E-state index in [0.717, 1.165) is 5.56 Å². The molecule has 1 atom stereocenters. The molecule has 0 aromatic heterocycles. The average molecular weight is 539 g/mol. The third kappa shape index (κ3) is 8.17. The van der Waals surface area contributed by atoms with Crippen molar-refractivity contribution >= 4 is 35.6 Å². The molecule has 1 unspecified atom stereocenters. The van der Waals surface area contributed by atoms with Gasteiger partial charge in [0, 0.05) is 6.54 Å². The monoisotopic (exact) mass is 539 g/mol. The fourth-order valence-corrected chi connectivity index (χ4v) is 2.69. The van der Waals surface area contributed by atoms with E-state index < -0.39 is 6.36 Å². The number of hydrogen-bond acceptors (Lipinski definition) is 4. The summed E-state index contributed by atoms with van der Waals surface area (Å²) in [5, 5.41) is 2.65. The van der Waals surface area contributed by atoms with Crippen LogP contribution in [-0.2, 0) is 6.42 Å². The van der Waals surface area contributed by atoms with Gasteiger partial charge in [0.2, 0.25) is 0 Å². The number of methoxy groups -OCH3 is 2. The van der Waals surface area contributed by atoms with Crippen molar-refractivity contribution in [2.24, 2.45) is 16.6 Å². The first-order valence-electron chi connectivity index (χ1n) is 8.84. The molecule has 30 heavy (non-hydrogen) atoms. The topological polar surface area (TPSA) is 78.1 Å². The van der Waals surface area contributed by atoms with Crippen LogP contribution in [0.1, 0.15) is 12.5 Å². The van der Waals surface area contributed by atoms with Crippen molar-refractivity contribution in [2.45, 2.75) is 19.7 Å². The number of ether oxygens (including phenoxy) is 3. The fourth-order valence-electron chi connectivity index (χ4n) is 2.69. The molecule has 0 aliphatic heterocycles. The molecule has 0 saturated carbocycles. The Morgan fingerprint density at radius 2 is 1.73 bits per heavy atom. The molecule has 0 aliphatic carbocycles. The van der Waals surface area contributed by atoms with E-state index in [9.17, 15) is 13.2 Å². The summed E-state index contributed by atoms with van der Waals surface area (Å²) in [6.45, 7) is 2.38. The van der Waals surface area contributed by atoms with Crippen LogP contribution >= 0.6 is 24.0 Å². The Morgan fingerprint density at radius 1 is 1.07 bits per heavy atom. The minimum Gasteiger partial charge on any atom is -0.493 e. The van der Waals surface area contributed by atoms with Crippen molar-refractivity contribution in [1.29, 1.82) is 0 Å². The number of rotatable bonds is 8. The number of nitrogens with zero attached hydrogens (tertiary/aromatic N) is 1. The Kier molecular flexibility index (Phi) is 10.0. The van der Waals surface area contributed by atoms with Crippen molar-refractivity contribution in [1.82, 2.24) is 0 Å². The molecule has 0 bridgehead atoms. The van der Waals surface area contributed by atoms with Gasteiger partial charge >= 0.3 is 6.36 Å². The van der Waals surface area contributed by atoms with Gasteiger partial charge in [-0.2, -0.15) is 0 Å². The smallest absolute Gasteiger partial charge is 0.493 e. The number of nitrogens with one attached hydrogen (secondary N) is 1. The van der Waals surface area contributed by atoms with E-state index >= 15 is 0 Å². The molecular weight excluding hydrogens is 514 g/mol. The minimum atomic E-state index is -4.79. The van der Waals surface area contributed by atoms with Gasteiger partial charge in [-0.1, -0.05) is 25.1 Å². The van der Waals surface area contributed by atoms with Gasteiger partial charge in [-0.3, -0.25) is 4.99 Å². The van der Waals surface area contributed by atoms with Gasteiger partial charge in [-0.25, -0.2) is 0 Å². The van der Waals surface area contributed by atoms with Gasteiger partial charge in [-0.05, 0) is 42.2 Å². The summed E-state index contributed by atoms with van der Waals surface area (Å²) < 4.78 is 52.0. The van der Waals surface area contributed by atoms with Crippen LogP contribution in [0.3, 0.4) is 0 Å². The lowest BCUT2D eigenvalue weighted by atomic mass is 10.0. The highest BCUT2D eigenvalue weighted by molar-refractivity contribution is 14.0. The van der Waals surface area contributed by atoms with Crippen molar-refractivity contribution in [2.75, 3.05) is 26.1 Å². The van der Waals surface area contributed by atoms with Gasteiger partial charge < -0.3 is 25.3 Å². The zero-order valence-electron chi connectivity index (χ0n) is 16.8. The highest BCUT2D eigenvalue weighted by atomic mass is 127. The normalized spacial score (nSPS) is 12.5. The van der Waals surface area contributed by atoms with Crippen LogP contribution in [0.4, 0.5) is 18.9 Å². The van der Waals surface area contributed by atoms with Crippen LogP contribution in [0.25, 0.3) is 0 Å². The summed E-state index contributed by atoms with van der Waals surface area (Å²) in [6.07, 6.45) is -4.08. The van der Waals surface area contributed by atoms with E-state index in [1.807, 2.05) is 25.1 Å². The summed E-state index contributed by atoms with van der Waals surface area (Å²) in [5.74, 6) is 1.05. The lowest BCUT2D eigenvalue weighted by Crippen LogP contribution is -2.25. The summed E-state index contributed by atoms with van der Waals surface area (Å²) in [6, 6.07) is 11.3. The van der Waals surface area contributed by atoms with Crippen LogP contribution < -0.4 is 25.3 Å². The Balaban J connectivity index is 0.00000450. The van der Waals surface area contributed by atoms with Crippen molar-refractivity contribution < 1.29 is 27.4 Å². The van der Waals surface area contributed by atoms with Crippen LogP contribution in [0.5, 0.6) is 17.2 Å². The van der Waals surface area contributed by atoms with E-state index in [4.69, 9.17) is 15.2 Å². The van der Waals surface area contributed by atoms with Crippen molar-refractivity contribution in [3.63, 3.8) is 0 Å². The van der Waals surface area contributed by atoms with Gasteiger partial charge in [0.25, 0.3) is 0 Å².